The van der Waals surface area contributed by atoms with Crippen molar-refractivity contribution in [2.45, 2.75) is 6.55 Å². The van der Waals surface area contributed by atoms with Gasteiger partial charge in [-0.2, -0.15) is 5.10 Å². The van der Waals surface area contributed by atoms with E-state index in [0.717, 1.165) is 5.52 Å². The third-order valence-electron chi connectivity index (χ3n) is 1.91. The van der Waals surface area contributed by atoms with Gasteiger partial charge in [0, 0.05) is 5.39 Å². The van der Waals surface area contributed by atoms with Crippen LogP contribution in [-0.4, -0.2) is 19.7 Å². The van der Waals surface area contributed by atoms with Gasteiger partial charge in [0.2, 0.25) is 0 Å². The van der Waals surface area contributed by atoms with Crippen molar-refractivity contribution in [1.82, 2.24) is 10.2 Å². The van der Waals surface area contributed by atoms with Crippen LogP contribution in [0.4, 0.5) is 0 Å². The molecule has 0 saturated heterocycles. The molecule has 11 heavy (non-hydrogen) atoms. The molecule has 0 bridgehead atoms. The lowest BCUT2D eigenvalue weighted by Crippen LogP contribution is -2.08. The summed E-state index contributed by atoms with van der Waals surface area (Å²) in [5, 5.41) is 9.63. The molecule has 0 unspecified atom stereocenters. The summed E-state index contributed by atoms with van der Waals surface area (Å²) < 4.78 is 0. The summed E-state index contributed by atoms with van der Waals surface area (Å²) >= 11 is 0. The normalized spacial score (nSPS) is 11.7. The molecule has 2 aromatic rings. The number of nitrogens with zero attached hydrogens (tertiary/aromatic N) is 1. The van der Waals surface area contributed by atoms with Crippen LogP contribution in [0.2, 0.25) is 6.55 Å². The van der Waals surface area contributed by atoms with Crippen LogP contribution in [0.25, 0.3) is 10.9 Å². The molecule has 1 aromatic heterocycles. The molecule has 0 aliphatic carbocycles. The highest BCUT2D eigenvalue weighted by Crippen LogP contribution is 2.06. The van der Waals surface area contributed by atoms with Crippen LogP contribution < -0.4 is 5.19 Å². The Bertz CT molecular complexity index is 367. The summed E-state index contributed by atoms with van der Waals surface area (Å²) in [5.41, 5.74) is 1.16. The molecule has 2 nitrogen and oxygen atoms in total. The Morgan fingerprint density at radius 2 is 2.36 bits per heavy atom. The van der Waals surface area contributed by atoms with E-state index in [2.05, 4.69) is 34.9 Å². The fourth-order valence-electron chi connectivity index (χ4n) is 1.20. The van der Waals surface area contributed by atoms with Gasteiger partial charge < -0.3 is 0 Å². The van der Waals surface area contributed by atoms with Crippen LogP contribution >= 0.6 is 0 Å². The van der Waals surface area contributed by atoms with Crippen molar-refractivity contribution in [3.8, 4) is 0 Å². The largest absolute Gasteiger partial charge is 0.278 e. The van der Waals surface area contributed by atoms with Crippen molar-refractivity contribution in [3.63, 3.8) is 0 Å². The Labute approximate surface area is 67.4 Å². The maximum absolute atomic E-state index is 3.97. The molecular formula is C8H10N2Si. The van der Waals surface area contributed by atoms with E-state index >= 15 is 0 Å². The van der Waals surface area contributed by atoms with Gasteiger partial charge in [-0.15, -0.1) is 0 Å². The average molecular weight is 162 g/mol. The molecule has 0 fully saturated rings. The number of H-pyrrole nitrogens is 1. The standard InChI is InChI=1S/C8H10N2Si/c1-11-7-3-2-6-5-9-10-8(6)4-7/h2-5H,11H2,1H3,(H,9,10). The Balaban J connectivity index is 2.67. The minimum Gasteiger partial charge on any atom is -0.278 e. The van der Waals surface area contributed by atoms with E-state index in [0.29, 0.717) is 0 Å². The maximum atomic E-state index is 3.97. The lowest BCUT2D eigenvalue weighted by molar-refractivity contribution is 1.12. The van der Waals surface area contributed by atoms with Crippen LogP contribution in [0.1, 0.15) is 0 Å². The van der Waals surface area contributed by atoms with Crippen LogP contribution in [0.5, 0.6) is 0 Å². The summed E-state index contributed by atoms with van der Waals surface area (Å²) in [7, 11) is -0.0232. The zero-order valence-corrected chi connectivity index (χ0v) is 7.88. The van der Waals surface area contributed by atoms with Crippen LogP contribution in [0.15, 0.2) is 24.4 Å². The minimum absolute atomic E-state index is 0.0232. The van der Waals surface area contributed by atoms with E-state index in [1.54, 1.807) is 0 Å². The molecule has 0 radical (unpaired) electrons. The molecule has 0 atom stereocenters. The first kappa shape index (κ1) is 6.61. The van der Waals surface area contributed by atoms with Crippen molar-refractivity contribution in [3.05, 3.63) is 24.4 Å². The van der Waals surface area contributed by atoms with Crippen molar-refractivity contribution in [2.24, 2.45) is 0 Å². The highest BCUT2D eigenvalue weighted by Gasteiger charge is 1.94. The lowest BCUT2D eigenvalue weighted by Gasteiger charge is -1.93. The molecule has 56 valence electrons. The zero-order valence-electron chi connectivity index (χ0n) is 6.46. The quantitative estimate of drug-likeness (QED) is 0.604. The number of hydrogen-bond donors (Lipinski definition) is 1. The third-order valence-corrected chi connectivity index (χ3v) is 3.17. The smallest absolute Gasteiger partial charge is 0.0648 e. The SMILES string of the molecule is C[SiH2]c1ccc2cn[nH]c2c1. The Hall–Kier alpha value is -1.09. The van der Waals surface area contributed by atoms with Gasteiger partial charge in [-0.1, -0.05) is 23.9 Å². The van der Waals surface area contributed by atoms with Crippen LogP contribution in [-0.2, 0) is 0 Å². The first-order valence-electron chi connectivity index (χ1n) is 3.82. The summed E-state index contributed by atoms with van der Waals surface area (Å²) in [6, 6.07) is 6.53. The molecule has 1 N–H and O–H groups in total. The van der Waals surface area contributed by atoms with Gasteiger partial charge in [0.15, 0.2) is 0 Å². The maximum Gasteiger partial charge on any atom is 0.0648 e. The van der Waals surface area contributed by atoms with E-state index < -0.39 is 0 Å². The van der Waals surface area contributed by atoms with Crippen LogP contribution in [0.3, 0.4) is 0 Å². The van der Waals surface area contributed by atoms with Gasteiger partial charge in [-0.05, 0) is 6.07 Å². The molecule has 1 aromatic carbocycles. The number of nitrogens with one attached hydrogen (secondary N) is 1. The second-order valence-electron chi connectivity index (χ2n) is 2.65. The number of benzene rings is 1. The summed E-state index contributed by atoms with van der Waals surface area (Å²) in [5.74, 6) is 0. The number of fused-ring (bicyclic) bond motifs is 1. The second-order valence-corrected chi connectivity index (χ2v) is 4.17. The van der Waals surface area contributed by atoms with Crippen molar-refractivity contribution in [1.29, 1.82) is 0 Å². The number of rotatable bonds is 1. The van der Waals surface area contributed by atoms with E-state index in [-0.39, 0.29) is 9.52 Å². The predicted octanol–water partition coefficient (Wildman–Crippen LogP) is 0.405. The van der Waals surface area contributed by atoms with Crippen molar-refractivity contribution in [2.75, 3.05) is 0 Å². The van der Waals surface area contributed by atoms with E-state index in [1.807, 2.05) is 6.20 Å². The number of aromatic amines is 1. The van der Waals surface area contributed by atoms with Gasteiger partial charge in [-0.3, -0.25) is 5.10 Å². The molecular weight excluding hydrogens is 152 g/mol. The molecule has 0 spiro atoms. The molecule has 0 saturated carbocycles. The zero-order chi connectivity index (χ0) is 7.68. The van der Waals surface area contributed by atoms with Gasteiger partial charge in [0.25, 0.3) is 0 Å². The fourth-order valence-corrected chi connectivity index (χ4v) is 1.97. The van der Waals surface area contributed by atoms with E-state index in [1.165, 1.54) is 10.6 Å². The van der Waals surface area contributed by atoms with Gasteiger partial charge >= 0.3 is 0 Å². The minimum atomic E-state index is -0.0232. The lowest BCUT2D eigenvalue weighted by atomic mass is 10.3. The highest BCUT2D eigenvalue weighted by atomic mass is 28.2. The molecule has 2 rings (SSSR count). The summed E-state index contributed by atoms with van der Waals surface area (Å²) in [6.07, 6.45) is 1.86. The summed E-state index contributed by atoms with van der Waals surface area (Å²) in [6.45, 7) is 2.29. The Kier molecular flexibility index (Phi) is 1.51. The number of aromatic nitrogens is 2. The predicted molar refractivity (Wildman–Crippen MR) is 50.1 cm³/mol. The molecule has 3 heteroatoms. The van der Waals surface area contributed by atoms with Gasteiger partial charge in [0.1, 0.15) is 0 Å². The molecule has 1 heterocycles. The summed E-state index contributed by atoms with van der Waals surface area (Å²) in [4.78, 5) is 0. The fraction of sp³-hybridized carbons (Fsp3) is 0.125. The van der Waals surface area contributed by atoms with Crippen molar-refractivity contribution < 1.29 is 0 Å². The monoisotopic (exact) mass is 162 g/mol. The van der Waals surface area contributed by atoms with E-state index in [4.69, 9.17) is 0 Å². The molecule has 0 amide bonds. The molecule has 0 aliphatic rings. The second kappa shape index (κ2) is 2.51. The Morgan fingerprint density at radius 3 is 3.18 bits per heavy atom. The first-order valence-corrected chi connectivity index (χ1v) is 5.94. The van der Waals surface area contributed by atoms with Crippen molar-refractivity contribution >= 4 is 25.6 Å². The van der Waals surface area contributed by atoms with Crippen LogP contribution in [0, 0.1) is 0 Å². The topological polar surface area (TPSA) is 28.7 Å². The first-order chi connectivity index (χ1) is 5.40. The van der Waals surface area contributed by atoms with E-state index in [9.17, 15) is 0 Å². The highest BCUT2D eigenvalue weighted by molar-refractivity contribution is 6.52. The van der Waals surface area contributed by atoms with Gasteiger partial charge in [0.05, 0.1) is 21.2 Å². The third kappa shape index (κ3) is 1.07. The average Bonchev–Trinajstić information content (AvgIpc) is 2.50. The number of hydrogen-bond acceptors (Lipinski definition) is 1. The van der Waals surface area contributed by atoms with Gasteiger partial charge in [-0.25, -0.2) is 0 Å². The Morgan fingerprint density at radius 1 is 1.45 bits per heavy atom. The molecule has 0 aliphatic heterocycles.